The van der Waals surface area contributed by atoms with Crippen LogP contribution in [0.4, 0.5) is 5.82 Å². The number of hydrogen-bond acceptors (Lipinski definition) is 6. The highest BCUT2D eigenvalue weighted by Crippen LogP contribution is 2.37. The Morgan fingerprint density at radius 1 is 1.26 bits per heavy atom. The van der Waals surface area contributed by atoms with Gasteiger partial charge in [-0.1, -0.05) is 18.2 Å². The number of fused-ring (bicyclic) bond motifs is 2. The third-order valence-electron chi connectivity index (χ3n) is 5.16. The fourth-order valence-corrected chi connectivity index (χ4v) is 4.32. The third kappa shape index (κ3) is 2.70. The molecule has 1 aliphatic rings. The summed E-state index contributed by atoms with van der Waals surface area (Å²) in [5, 5.41) is 5.26. The average molecular weight is 377 g/mol. The Kier molecular flexibility index (Phi) is 3.72. The van der Waals surface area contributed by atoms with Crippen LogP contribution in [0.25, 0.3) is 21.1 Å². The fraction of sp³-hybridized carbons (Fsp3) is 0.300. The van der Waals surface area contributed by atoms with Gasteiger partial charge in [0.2, 0.25) is 0 Å². The first-order valence-corrected chi connectivity index (χ1v) is 9.97. The Balaban J connectivity index is 1.64. The van der Waals surface area contributed by atoms with E-state index in [0.717, 1.165) is 45.2 Å². The van der Waals surface area contributed by atoms with Gasteiger partial charge in [0, 0.05) is 11.7 Å². The number of aryl methyl sites for hydroxylation is 1. The molecule has 27 heavy (non-hydrogen) atoms. The van der Waals surface area contributed by atoms with Crippen molar-refractivity contribution in [3.8, 4) is 0 Å². The maximum Gasteiger partial charge on any atom is 0.259 e. The number of rotatable bonds is 4. The van der Waals surface area contributed by atoms with Crippen molar-refractivity contribution >= 4 is 38.3 Å². The molecule has 4 aromatic rings. The van der Waals surface area contributed by atoms with Crippen LogP contribution in [0.2, 0.25) is 0 Å². The Hall–Kier alpha value is -2.80. The summed E-state index contributed by atoms with van der Waals surface area (Å²) in [6.07, 6.45) is 3.66. The number of nitrogens with one attached hydrogen (secondary N) is 1. The Morgan fingerprint density at radius 2 is 2.11 bits per heavy atom. The molecule has 0 unspecified atom stereocenters. The molecule has 0 aliphatic heterocycles. The summed E-state index contributed by atoms with van der Waals surface area (Å²) < 4.78 is 1.98. The van der Waals surface area contributed by atoms with Gasteiger partial charge in [-0.05, 0) is 43.7 Å². The maximum absolute atomic E-state index is 13.3. The summed E-state index contributed by atoms with van der Waals surface area (Å²) in [6.45, 7) is 4.07. The molecule has 7 heteroatoms. The lowest BCUT2D eigenvalue weighted by molar-refractivity contribution is 0.636. The van der Waals surface area contributed by atoms with E-state index in [9.17, 15) is 4.79 Å². The maximum atomic E-state index is 13.3. The van der Waals surface area contributed by atoms with Gasteiger partial charge in [-0.2, -0.15) is 0 Å². The molecular formula is C20H19N5OS. The van der Waals surface area contributed by atoms with Crippen LogP contribution in [-0.4, -0.2) is 19.5 Å². The highest BCUT2D eigenvalue weighted by Gasteiger charge is 2.29. The zero-order valence-corrected chi connectivity index (χ0v) is 16.0. The quantitative estimate of drug-likeness (QED) is 0.576. The Labute approximate surface area is 159 Å². The zero-order chi connectivity index (χ0) is 18.5. The molecule has 6 nitrogen and oxygen atoms in total. The normalized spacial score (nSPS) is 15.3. The number of benzene rings is 1. The van der Waals surface area contributed by atoms with Crippen LogP contribution in [-0.2, 0) is 0 Å². The van der Waals surface area contributed by atoms with Crippen LogP contribution in [0, 0.1) is 6.92 Å². The van der Waals surface area contributed by atoms with Crippen LogP contribution in [0.1, 0.15) is 43.1 Å². The second kappa shape index (κ2) is 6.13. The van der Waals surface area contributed by atoms with E-state index in [0.29, 0.717) is 11.9 Å². The minimum atomic E-state index is -0.0805. The predicted molar refractivity (Wildman–Crippen MR) is 108 cm³/mol. The molecule has 5 rings (SSSR count). The first-order valence-electron chi connectivity index (χ1n) is 9.09. The van der Waals surface area contributed by atoms with Crippen molar-refractivity contribution in [3.05, 3.63) is 57.7 Å². The SMILES string of the molecule is Cc1cccc2cc([C@H](C)Nc3ncnc4scnc34)n(C3CC3)c(=O)c12. The molecule has 0 saturated heterocycles. The monoisotopic (exact) mass is 377 g/mol. The van der Waals surface area contributed by atoms with Gasteiger partial charge in [-0.25, -0.2) is 15.0 Å². The van der Waals surface area contributed by atoms with E-state index in [2.05, 4.69) is 33.3 Å². The lowest BCUT2D eigenvalue weighted by Crippen LogP contribution is -2.26. The van der Waals surface area contributed by atoms with E-state index in [-0.39, 0.29) is 11.6 Å². The summed E-state index contributed by atoms with van der Waals surface area (Å²) in [5.41, 5.74) is 4.67. The summed E-state index contributed by atoms with van der Waals surface area (Å²) in [4.78, 5) is 27.1. The van der Waals surface area contributed by atoms with Crippen LogP contribution in [0.15, 0.2) is 40.9 Å². The summed E-state index contributed by atoms with van der Waals surface area (Å²) in [6, 6.07) is 8.37. The molecule has 136 valence electrons. The van der Waals surface area contributed by atoms with E-state index >= 15 is 0 Å². The van der Waals surface area contributed by atoms with E-state index < -0.39 is 0 Å². The smallest absolute Gasteiger partial charge is 0.259 e. The molecule has 1 fully saturated rings. The number of anilines is 1. The molecule has 3 aromatic heterocycles. The summed E-state index contributed by atoms with van der Waals surface area (Å²) in [7, 11) is 0. The molecule has 0 bridgehead atoms. The molecule has 1 saturated carbocycles. The van der Waals surface area contributed by atoms with Crippen molar-refractivity contribution < 1.29 is 0 Å². The largest absolute Gasteiger partial charge is 0.360 e. The minimum absolute atomic E-state index is 0.0805. The molecule has 0 spiro atoms. The molecule has 1 atom stereocenters. The van der Waals surface area contributed by atoms with Crippen LogP contribution >= 0.6 is 11.3 Å². The van der Waals surface area contributed by atoms with E-state index in [1.165, 1.54) is 11.3 Å². The first kappa shape index (κ1) is 16.4. The number of hydrogen-bond donors (Lipinski definition) is 1. The van der Waals surface area contributed by atoms with Gasteiger partial charge < -0.3 is 9.88 Å². The number of nitrogens with zero attached hydrogens (tertiary/aromatic N) is 4. The van der Waals surface area contributed by atoms with Gasteiger partial charge in [0.1, 0.15) is 16.7 Å². The van der Waals surface area contributed by atoms with Crippen molar-refractivity contribution in [1.82, 2.24) is 19.5 Å². The van der Waals surface area contributed by atoms with Crippen molar-refractivity contribution in [3.63, 3.8) is 0 Å². The number of thiazole rings is 1. The zero-order valence-electron chi connectivity index (χ0n) is 15.1. The number of aromatic nitrogens is 4. The van der Waals surface area contributed by atoms with Gasteiger partial charge in [0.15, 0.2) is 5.82 Å². The van der Waals surface area contributed by atoms with Crippen molar-refractivity contribution in [2.45, 2.75) is 38.8 Å². The minimum Gasteiger partial charge on any atom is -0.360 e. The van der Waals surface area contributed by atoms with Crippen LogP contribution < -0.4 is 10.9 Å². The highest BCUT2D eigenvalue weighted by atomic mass is 32.1. The Morgan fingerprint density at radius 3 is 2.93 bits per heavy atom. The predicted octanol–water partition coefficient (Wildman–Crippen LogP) is 4.22. The van der Waals surface area contributed by atoms with Gasteiger partial charge in [0.05, 0.1) is 16.9 Å². The average Bonchev–Trinajstić information content (AvgIpc) is 3.37. The molecule has 1 aromatic carbocycles. The standard InChI is InChI=1S/C20H19N5OS/c1-11-4-3-5-13-8-15(25(14-6-7-14)20(26)16(11)13)12(2)24-18-17-19(22-9-21-18)27-10-23-17/h3-5,8-10,12,14H,6-7H2,1-2H3,(H,21,22,24)/t12-/m0/s1. The van der Waals surface area contributed by atoms with Crippen LogP contribution in [0.3, 0.4) is 0 Å². The fourth-order valence-electron chi connectivity index (χ4n) is 3.69. The van der Waals surface area contributed by atoms with E-state index in [1.807, 2.05) is 29.7 Å². The topological polar surface area (TPSA) is 72.7 Å². The van der Waals surface area contributed by atoms with Gasteiger partial charge in [-0.3, -0.25) is 4.79 Å². The molecule has 1 N–H and O–H groups in total. The van der Waals surface area contributed by atoms with E-state index in [1.54, 1.807) is 11.8 Å². The van der Waals surface area contributed by atoms with Crippen molar-refractivity contribution in [1.29, 1.82) is 0 Å². The third-order valence-corrected chi connectivity index (χ3v) is 5.90. The molecule has 1 aliphatic carbocycles. The van der Waals surface area contributed by atoms with E-state index in [4.69, 9.17) is 0 Å². The molecular weight excluding hydrogens is 358 g/mol. The Bertz CT molecular complexity index is 1220. The summed E-state index contributed by atoms with van der Waals surface area (Å²) >= 11 is 1.49. The highest BCUT2D eigenvalue weighted by molar-refractivity contribution is 7.16. The van der Waals surface area contributed by atoms with Gasteiger partial charge in [-0.15, -0.1) is 11.3 Å². The lowest BCUT2D eigenvalue weighted by Gasteiger charge is -2.21. The van der Waals surface area contributed by atoms with Crippen molar-refractivity contribution in [2.24, 2.45) is 0 Å². The van der Waals surface area contributed by atoms with Gasteiger partial charge >= 0.3 is 0 Å². The molecule has 3 heterocycles. The number of pyridine rings is 1. The van der Waals surface area contributed by atoms with Crippen LogP contribution in [0.5, 0.6) is 0 Å². The molecule has 0 radical (unpaired) electrons. The summed E-state index contributed by atoms with van der Waals surface area (Å²) in [5.74, 6) is 0.702. The second-order valence-corrected chi connectivity index (χ2v) is 7.94. The second-order valence-electron chi connectivity index (χ2n) is 7.11. The van der Waals surface area contributed by atoms with Gasteiger partial charge in [0.25, 0.3) is 5.56 Å². The van der Waals surface area contributed by atoms with Crippen molar-refractivity contribution in [2.75, 3.05) is 5.32 Å². The first-order chi connectivity index (χ1) is 13.1. The lowest BCUT2D eigenvalue weighted by atomic mass is 10.0. The molecule has 0 amide bonds.